The summed E-state index contributed by atoms with van der Waals surface area (Å²) < 4.78 is 5.14. The highest BCUT2D eigenvalue weighted by Gasteiger charge is 2.14. The lowest BCUT2D eigenvalue weighted by molar-refractivity contribution is 0.0526. The van der Waals surface area contributed by atoms with Gasteiger partial charge in [-0.25, -0.2) is 4.79 Å². The van der Waals surface area contributed by atoms with Crippen LogP contribution in [0.5, 0.6) is 0 Å². The second-order valence-electron chi connectivity index (χ2n) is 6.58. The van der Waals surface area contributed by atoms with E-state index in [9.17, 15) is 4.79 Å². The van der Waals surface area contributed by atoms with Gasteiger partial charge in [0.15, 0.2) is 0 Å². The highest BCUT2D eigenvalue weighted by atomic mass is 16.5. The number of esters is 1. The molecule has 3 rings (SSSR count). The molecule has 1 aliphatic heterocycles. The van der Waals surface area contributed by atoms with E-state index in [1.54, 1.807) is 6.07 Å². The molecule has 1 aromatic carbocycles. The van der Waals surface area contributed by atoms with E-state index >= 15 is 0 Å². The minimum absolute atomic E-state index is 0.293. The molecule has 0 unspecified atom stereocenters. The fourth-order valence-electron chi connectivity index (χ4n) is 3.31. The number of carbonyl (C=O) groups is 1. The van der Waals surface area contributed by atoms with Gasteiger partial charge in [-0.15, -0.1) is 0 Å². The number of benzene rings is 1. The van der Waals surface area contributed by atoms with Gasteiger partial charge in [0.1, 0.15) is 0 Å². The largest absolute Gasteiger partial charge is 0.462 e. The number of ether oxygens (including phenoxy) is 1. The smallest absolute Gasteiger partial charge is 0.338 e. The maximum Gasteiger partial charge on any atom is 0.338 e. The van der Waals surface area contributed by atoms with Gasteiger partial charge in [0.25, 0.3) is 0 Å². The van der Waals surface area contributed by atoms with Crippen LogP contribution in [0.3, 0.4) is 0 Å². The van der Waals surface area contributed by atoms with Crippen molar-refractivity contribution in [3.8, 4) is 0 Å². The fourth-order valence-corrected chi connectivity index (χ4v) is 3.31. The lowest BCUT2D eigenvalue weighted by atomic mass is 10.1. The number of carbonyl (C=O) groups excluding carboxylic acids is 1. The predicted octanol–water partition coefficient (Wildman–Crippen LogP) is 4.73. The molecular weight excluding hydrogens is 324 g/mol. The number of anilines is 1. The van der Waals surface area contributed by atoms with Crippen LogP contribution in [0.25, 0.3) is 12.2 Å². The number of rotatable bonds is 5. The molecule has 1 fully saturated rings. The second-order valence-corrected chi connectivity index (χ2v) is 6.58. The van der Waals surface area contributed by atoms with E-state index in [1.165, 1.54) is 30.5 Å². The number of hydrogen-bond acceptors (Lipinski definition) is 4. The quantitative estimate of drug-likeness (QED) is 0.731. The molecule has 136 valence electrons. The van der Waals surface area contributed by atoms with Crippen molar-refractivity contribution >= 4 is 23.8 Å². The second kappa shape index (κ2) is 8.65. The first-order valence-corrected chi connectivity index (χ1v) is 9.35. The third-order valence-electron chi connectivity index (χ3n) is 4.68. The number of aryl methyl sites for hydroxylation is 1. The van der Waals surface area contributed by atoms with E-state index in [-0.39, 0.29) is 5.97 Å². The summed E-state index contributed by atoms with van der Waals surface area (Å²) in [5.74, 6) is -0.293. The van der Waals surface area contributed by atoms with Crippen LogP contribution in [-0.2, 0) is 4.74 Å². The van der Waals surface area contributed by atoms with Crippen molar-refractivity contribution in [1.82, 2.24) is 4.98 Å². The number of aromatic nitrogens is 1. The monoisotopic (exact) mass is 350 g/mol. The molecule has 0 aliphatic carbocycles. The summed E-state index contributed by atoms with van der Waals surface area (Å²) in [7, 11) is 0. The zero-order chi connectivity index (χ0) is 18.4. The molecular formula is C22H26N2O2. The lowest BCUT2D eigenvalue weighted by Crippen LogP contribution is -2.30. The maximum absolute atomic E-state index is 12.1. The third kappa shape index (κ3) is 4.31. The van der Waals surface area contributed by atoms with Crippen molar-refractivity contribution < 1.29 is 9.53 Å². The molecule has 26 heavy (non-hydrogen) atoms. The van der Waals surface area contributed by atoms with E-state index in [2.05, 4.69) is 22.9 Å². The van der Waals surface area contributed by atoms with Crippen LogP contribution in [0.2, 0.25) is 0 Å². The van der Waals surface area contributed by atoms with Crippen LogP contribution < -0.4 is 4.90 Å². The van der Waals surface area contributed by atoms with Crippen molar-refractivity contribution in [2.24, 2.45) is 0 Å². The molecule has 2 aromatic rings. The predicted molar refractivity (Wildman–Crippen MR) is 106 cm³/mol. The standard InChI is InChI=1S/C22H26N2O2/c1-3-26-22(25)20-10-6-5-9-18(20)11-12-19-15-21(17(2)16-23-19)24-13-7-4-8-14-24/h5-6,9-12,15-16H,3-4,7-8,13-14H2,1-2H3/b12-11-. The number of piperidine rings is 1. The van der Waals surface area contributed by atoms with Gasteiger partial charge in [-0.2, -0.15) is 0 Å². The summed E-state index contributed by atoms with van der Waals surface area (Å²) in [6.07, 6.45) is 9.65. The molecule has 0 bridgehead atoms. The van der Waals surface area contributed by atoms with Crippen molar-refractivity contribution in [1.29, 1.82) is 0 Å². The molecule has 0 spiro atoms. The Morgan fingerprint density at radius 1 is 1.19 bits per heavy atom. The zero-order valence-corrected chi connectivity index (χ0v) is 15.6. The van der Waals surface area contributed by atoms with E-state index in [0.29, 0.717) is 12.2 Å². The summed E-state index contributed by atoms with van der Waals surface area (Å²) in [4.78, 5) is 19.1. The zero-order valence-electron chi connectivity index (χ0n) is 15.6. The summed E-state index contributed by atoms with van der Waals surface area (Å²) in [5.41, 5.74) is 4.78. The molecule has 0 amide bonds. The number of nitrogens with zero attached hydrogens (tertiary/aromatic N) is 2. The Kier molecular flexibility index (Phi) is 6.05. The van der Waals surface area contributed by atoms with Gasteiger partial charge < -0.3 is 9.64 Å². The first kappa shape index (κ1) is 18.2. The van der Waals surface area contributed by atoms with Crippen molar-refractivity contribution in [3.05, 3.63) is 58.9 Å². The SMILES string of the molecule is CCOC(=O)c1ccccc1/C=C\c1cc(N2CCCCC2)c(C)cn1. The average Bonchev–Trinajstić information content (AvgIpc) is 2.68. The van der Waals surface area contributed by atoms with E-state index in [1.807, 2.05) is 43.5 Å². The minimum atomic E-state index is -0.293. The Morgan fingerprint density at radius 3 is 2.73 bits per heavy atom. The van der Waals surface area contributed by atoms with Crippen molar-refractivity contribution in [3.63, 3.8) is 0 Å². The van der Waals surface area contributed by atoms with Gasteiger partial charge in [-0.3, -0.25) is 4.98 Å². The Bertz CT molecular complexity index is 792. The van der Waals surface area contributed by atoms with Crippen LogP contribution in [-0.4, -0.2) is 30.6 Å². The van der Waals surface area contributed by atoms with Crippen molar-refractivity contribution in [2.45, 2.75) is 33.1 Å². The van der Waals surface area contributed by atoms with Gasteiger partial charge in [-0.1, -0.05) is 24.3 Å². The van der Waals surface area contributed by atoms with Gasteiger partial charge in [0.05, 0.1) is 17.9 Å². The van der Waals surface area contributed by atoms with Crippen LogP contribution in [0.1, 0.15) is 53.4 Å². The fraction of sp³-hybridized carbons (Fsp3) is 0.364. The maximum atomic E-state index is 12.1. The van der Waals surface area contributed by atoms with Crippen LogP contribution in [0.15, 0.2) is 36.5 Å². The van der Waals surface area contributed by atoms with Crippen LogP contribution >= 0.6 is 0 Å². The molecule has 4 heteroatoms. The van der Waals surface area contributed by atoms with Crippen LogP contribution in [0.4, 0.5) is 5.69 Å². The van der Waals surface area contributed by atoms with Gasteiger partial charge >= 0.3 is 5.97 Å². The van der Waals surface area contributed by atoms with Gasteiger partial charge in [0.2, 0.25) is 0 Å². The van der Waals surface area contributed by atoms with E-state index < -0.39 is 0 Å². The highest BCUT2D eigenvalue weighted by Crippen LogP contribution is 2.25. The summed E-state index contributed by atoms with van der Waals surface area (Å²) in [6.45, 7) is 6.52. The van der Waals surface area contributed by atoms with E-state index in [4.69, 9.17) is 4.74 Å². The average molecular weight is 350 g/mol. The Morgan fingerprint density at radius 2 is 1.96 bits per heavy atom. The van der Waals surface area contributed by atoms with Crippen LogP contribution in [0, 0.1) is 6.92 Å². The molecule has 0 saturated carbocycles. The molecule has 0 radical (unpaired) electrons. The Hall–Kier alpha value is -2.62. The summed E-state index contributed by atoms with van der Waals surface area (Å²) in [6, 6.07) is 9.62. The first-order valence-electron chi connectivity index (χ1n) is 9.35. The lowest BCUT2D eigenvalue weighted by Gasteiger charge is -2.30. The third-order valence-corrected chi connectivity index (χ3v) is 4.68. The Balaban J connectivity index is 1.84. The molecule has 2 heterocycles. The summed E-state index contributed by atoms with van der Waals surface area (Å²) >= 11 is 0. The van der Waals surface area contributed by atoms with E-state index in [0.717, 1.165) is 24.3 Å². The number of hydrogen-bond donors (Lipinski definition) is 0. The number of pyridine rings is 1. The molecule has 0 atom stereocenters. The first-order chi connectivity index (χ1) is 12.7. The highest BCUT2D eigenvalue weighted by molar-refractivity contribution is 5.94. The summed E-state index contributed by atoms with van der Waals surface area (Å²) in [5, 5.41) is 0. The molecule has 1 aromatic heterocycles. The molecule has 1 aliphatic rings. The van der Waals surface area contributed by atoms with Gasteiger partial charge in [-0.05, 0) is 62.4 Å². The normalized spacial score (nSPS) is 14.6. The topological polar surface area (TPSA) is 42.4 Å². The molecule has 4 nitrogen and oxygen atoms in total. The minimum Gasteiger partial charge on any atom is -0.462 e. The molecule has 1 saturated heterocycles. The van der Waals surface area contributed by atoms with Crippen molar-refractivity contribution in [2.75, 3.05) is 24.6 Å². The van der Waals surface area contributed by atoms with Gasteiger partial charge in [0, 0.05) is 25.0 Å². The Labute approximate surface area is 155 Å². The molecule has 0 N–H and O–H groups in total.